The molecule has 0 radical (unpaired) electrons. The average molecular weight is 461 g/mol. The smallest absolute Gasteiger partial charge is 0.414 e. The zero-order chi connectivity index (χ0) is 24.1. The first-order chi connectivity index (χ1) is 16.5. The Balaban J connectivity index is 1.39. The van der Waals surface area contributed by atoms with Crippen LogP contribution in [0.3, 0.4) is 0 Å². The van der Waals surface area contributed by atoms with Crippen LogP contribution in [0.2, 0.25) is 0 Å². The van der Waals surface area contributed by atoms with E-state index < -0.39 is 12.2 Å². The van der Waals surface area contributed by atoms with Crippen LogP contribution in [0.4, 0.5) is 10.5 Å². The second kappa shape index (κ2) is 10.3. The highest BCUT2D eigenvalue weighted by atomic mass is 16.6. The SMILES string of the molecule is CCCc1ccc(N2CC(CN(C)C(=O)C=Cc3ccnc4ccc(OC)nc34)OC2=O)cc1. The van der Waals surface area contributed by atoms with E-state index in [0.717, 1.165) is 24.1 Å². The van der Waals surface area contributed by atoms with Crippen molar-refractivity contribution in [1.29, 1.82) is 0 Å². The number of hydrogen-bond donors (Lipinski definition) is 0. The molecule has 8 nitrogen and oxygen atoms in total. The number of rotatable bonds is 8. The fraction of sp³-hybridized carbons (Fsp3) is 0.308. The van der Waals surface area contributed by atoms with Crippen LogP contribution in [0.5, 0.6) is 5.88 Å². The number of ether oxygens (including phenoxy) is 2. The van der Waals surface area contributed by atoms with Crippen molar-refractivity contribution in [2.75, 3.05) is 32.1 Å². The van der Waals surface area contributed by atoms with E-state index in [1.165, 1.54) is 11.6 Å². The Labute approximate surface area is 198 Å². The first-order valence-corrected chi connectivity index (χ1v) is 11.3. The molecule has 0 spiro atoms. The molecule has 8 heteroatoms. The topological polar surface area (TPSA) is 84.9 Å². The Hall–Kier alpha value is -3.94. The second-order valence-corrected chi connectivity index (χ2v) is 8.21. The highest BCUT2D eigenvalue weighted by Crippen LogP contribution is 2.23. The monoisotopic (exact) mass is 460 g/mol. The fourth-order valence-electron chi connectivity index (χ4n) is 3.92. The number of carbonyl (C=O) groups is 2. The predicted octanol–water partition coefficient (Wildman–Crippen LogP) is 4.09. The van der Waals surface area contributed by atoms with Crippen molar-refractivity contribution in [3.8, 4) is 5.88 Å². The number of aromatic nitrogens is 2. The molecule has 1 aromatic carbocycles. The summed E-state index contributed by atoms with van der Waals surface area (Å²) in [5.74, 6) is 0.275. The summed E-state index contributed by atoms with van der Waals surface area (Å²) in [4.78, 5) is 37.0. The Morgan fingerprint density at radius 1 is 1.24 bits per heavy atom. The lowest BCUT2D eigenvalue weighted by atomic mass is 10.1. The van der Waals surface area contributed by atoms with Gasteiger partial charge in [-0.1, -0.05) is 25.5 Å². The molecule has 0 bridgehead atoms. The number of anilines is 1. The lowest BCUT2D eigenvalue weighted by molar-refractivity contribution is -0.125. The Morgan fingerprint density at radius 2 is 2.03 bits per heavy atom. The first kappa shape index (κ1) is 23.2. The molecule has 0 N–H and O–H groups in total. The maximum atomic E-state index is 12.7. The van der Waals surface area contributed by atoms with Gasteiger partial charge >= 0.3 is 6.09 Å². The molecule has 3 heterocycles. The molecule has 1 unspecified atom stereocenters. The number of aryl methyl sites for hydroxylation is 1. The molecule has 1 aliphatic rings. The highest BCUT2D eigenvalue weighted by Gasteiger charge is 2.33. The van der Waals surface area contributed by atoms with Gasteiger partial charge in [0.25, 0.3) is 0 Å². The normalized spacial score (nSPS) is 15.7. The van der Waals surface area contributed by atoms with Gasteiger partial charge in [-0.05, 0) is 42.3 Å². The Kier molecular flexibility index (Phi) is 7.06. The lowest BCUT2D eigenvalue weighted by Gasteiger charge is -2.18. The maximum absolute atomic E-state index is 12.7. The van der Waals surface area contributed by atoms with E-state index >= 15 is 0 Å². The minimum atomic E-state index is -0.405. The standard InChI is InChI=1S/C26H28N4O4/c1-4-5-18-6-9-20(10-7-18)30-17-21(34-26(30)32)16-29(2)24(31)13-8-19-14-15-27-22-11-12-23(33-3)28-25(19)22/h6-15,21H,4-5,16-17H2,1-3H3. The van der Waals surface area contributed by atoms with Crippen LogP contribution in [0.1, 0.15) is 24.5 Å². The van der Waals surface area contributed by atoms with Crippen LogP contribution in [0.15, 0.2) is 54.7 Å². The lowest BCUT2D eigenvalue weighted by Crippen LogP contribution is -2.35. The minimum absolute atomic E-state index is 0.203. The number of likely N-dealkylation sites (N-methyl/N-ethyl adjacent to an activating group) is 1. The zero-order valence-corrected chi connectivity index (χ0v) is 19.6. The Morgan fingerprint density at radius 3 is 2.76 bits per heavy atom. The molecule has 1 fully saturated rings. The highest BCUT2D eigenvalue weighted by molar-refractivity contribution is 5.95. The summed E-state index contributed by atoms with van der Waals surface area (Å²) < 4.78 is 10.7. The van der Waals surface area contributed by atoms with Gasteiger partial charge in [0.05, 0.1) is 31.2 Å². The second-order valence-electron chi connectivity index (χ2n) is 8.21. The molecule has 1 atom stereocenters. The van der Waals surface area contributed by atoms with Gasteiger partial charge in [-0.2, -0.15) is 0 Å². The molecule has 1 aliphatic heterocycles. The van der Waals surface area contributed by atoms with E-state index in [1.54, 1.807) is 48.4 Å². The van der Waals surface area contributed by atoms with Gasteiger partial charge in [-0.3, -0.25) is 14.7 Å². The van der Waals surface area contributed by atoms with Gasteiger partial charge in [-0.25, -0.2) is 9.78 Å². The van der Waals surface area contributed by atoms with E-state index in [9.17, 15) is 9.59 Å². The van der Waals surface area contributed by atoms with E-state index in [0.29, 0.717) is 30.0 Å². The summed E-state index contributed by atoms with van der Waals surface area (Å²) in [6.45, 7) is 2.82. The number of benzene rings is 1. The molecule has 0 aliphatic carbocycles. The van der Waals surface area contributed by atoms with Crippen LogP contribution >= 0.6 is 0 Å². The number of fused-ring (bicyclic) bond motifs is 1. The van der Waals surface area contributed by atoms with Crippen molar-refractivity contribution in [2.24, 2.45) is 0 Å². The summed E-state index contributed by atoms with van der Waals surface area (Å²) >= 11 is 0. The fourth-order valence-corrected chi connectivity index (χ4v) is 3.92. The summed E-state index contributed by atoms with van der Waals surface area (Å²) in [6, 6.07) is 13.3. The third-order valence-electron chi connectivity index (χ3n) is 5.72. The van der Waals surface area contributed by atoms with Gasteiger partial charge in [0, 0.05) is 36.6 Å². The van der Waals surface area contributed by atoms with Crippen molar-refractivity contribution in [3.05, 3.63) is 65.9 Å². The molecule has 2 aromatic heterocycles. The van der Waals surface area contributed by atoms with Gasteiger partial charge in [0.15, 0.2) is 0 Å². The number of methoxy groups -OCH3 is 1. The third kappa shape index (κ3) is 5.17. The molecule has 176 valence electrons. The number of nitrogens with zero attached hydrogens (tertiary/aromatic N) is 4. The quantitative estimate of drug-likeness (QED) is 0.471. The summed E-state index contributed by atoms with van der Waals surface area (Å²) in [5.41, 5.74) is 4.16. The van der Waals surface area contributed by atoms with Crippen molar-refractivity contribution in [3.63, 3.8) is 0 Å². The molecular formula is C26H28N4O4. The van der Waals surface area contributed by atoms with E-state index in [-0.39, 0.29) is 5.91 Å². The minimum Gasteiger partial charge on any atom is -0.481 e. The van der Waals surface area contributed by atoms with E-state index in [4.69, 9.17) is 9.47 Å². The molecule has 3 aromatic rings. The number of carbonyl (C=O) groups excluding carboxylic acids is 2. The van der Waals surface area contributed by atoms with Crippen LogP contribution in [0, 0.1) is 0 Å². The molecule has 4 rings (SSSR count). The largest absolute Gasteiger partial charge is 0.481 e. The van der Waals surface area contributed by atoms with Gasteiger partial charge in [0.2, 0.25) is 11.8 Å². The van der Waals surface area contributed by atoms with E-state index in [1.807, 2.05) is 30.3 Å². The zero-order valence-electron chi connectivity index (χ0n) is 19.6. The van der Waals surface area contributed by atoms with Crippen LogP contribution < -0.4 is 9.64 Å². The van der Waals surface area contributed by atoms with Crippen molar-refractivity contribution in [1.82, 2.24) is 14.9 Å². The molecule has 34 heavy (non-hydrogen) atoms. The molecule has 2 amide bonds. The molecular weight excluding hydrogens is 432 g/mol. The van der Waals surface area contributed by atoms with Crippen molar-refractivity contribution in [2.45, 2.75) is 25.9 Å². The van der Waals surface area contributed by atoms with Crippen molar-refractivity contribution >= 4 is 34.8 Å². The number of amides is 2. The summed E-state index contributed by atoms with van der Waals surface area (Å²) in [7, 11) is 3.24. The van der Waals surface area contributed by atoms with Gasteiger partial charge < -0.3 is 14.4 Å². The number of pyridine rings is 2. The van der Waals surface area contributed by atoms with E-state index in [2.05, 4.69) is 16.9 Å². The summed E-state index contributed by atoms with van der Waals surface area (Å²) in [6.07, 6.45) is 6.14. The first-order valence-electron chi connectivity index (χ1n) is 11.3. The average Bonchev–Trinajstić information content (AvgIpc) is 3.22. The number of hydrogen-bond acceptors (Lipinski definition) is 6. The summed E-state index contributed by atoms with van der Waals surface area (Å²) in [5, 5.41) is 0. The van der Waals surface area contributed by atoms with Crippen molar-refractivity contribution < 1.29 is 19.1 Å². The van der Waals surface area contributed by atoms with Gasteiger partial charge in [-0.15, -0.1) is 0 Å². The molecule has 1 saturated heterocycles. The van der Waals surface area contributed by atoms with Crippen LogP contribution in [-0.2, 0) is 16.0 Å². The van der Waals surface area contributed by atoms with Crippen LogP contribution in [0.25, 0.3) is 17.1 Å². The Bertz CT molecular complexity index is 1210. The maximum Gasteiger partial charge on any atom is 0.414 e. The number of cyclic esters (lactones) is 1. The third-order valence-corrected chi connectivity index (χ3v) is 5.72. The predicted molar refractivity (Wildman–Crippen MR) is 131 cm³/mol. The van der Waals surface area contributed by atoms with Gasteiger partial charge in [0.1, 0.15) is 6.10 Å². The molecule has 0 saturated carbocycles. The van der Waals surface area contributed by atoms with Crippen LogP contribution in [-0.4, -0.2) is 60.2 Å².